The molecule has 1 aliphatic heterocycles. The molecule has 5 heteroatoms. The maximum Gasteiger partial charge on any atom is 0.130 e. The number of nitrogens with one attached hydrogen (secondary N) is 1. The summed E-state index contributed by atoms with van der Waals surface area (Å²) in [6.45, 7) is 4.69. The van der Waals surface area contributed by atoms with Crippen molar-refractivity contribution in [2.75, 3.05) is 7.11 Å². The average Bonchev–Trinajstić information content (AvgIpc) is 2.43. The minimum Gasteiger partial charge on any atom is -0.496 e. The summed E-state index contributed by atoms with van der Waals surface area (Å²) in [5, 5.41) is 7.51. The van der Waals surface area contributed by atoms with Gasteiger partial charge in [-0.1, -0.05) is 6.07 Å². The third kappa shape index (κ3) is 4.19. The quantitative estimate of drug-likeness (QED) is 0.645. The van der Waals surface area contributed by atoms with Gasteiger partial charge in [0.25, 0.3) is 0 Å². The molecule has 1 aromatic rings. The van der Waals surface area contributed by atoms with Gasteiger partial charge in [0.15, 0.2) is 0 Å². The zero-order valence-corrected chi connectivity index (χ0v) is 12.9. The number of nitrogens with two attached hydrogens (primary N) is 1. The molecule has 0 bridgehead atoms. The monoisotopic (exact) mass is 292 g/mol. The Morgan fingerprint density at radius 1 is 1.33 bits per heavy atom. The standard InChI is InChI=1S/C16H24N2O3/c1-10-6-13(7-11(2)21-10)20-9-12-4-5-14(16(17)18)15(8-12)19-3/h4-5,8,10-11,13H,6-7,9H2,1-3H3,(H3,17,18). The van der Waals surface area contributed by atoms with Crippen LogP contribution in [0.1, 0.15) is 37.8 Å². The van der Waals surface area contributed by atoms with E-state index in [9.17, 15) is 0 Å². The Morgan fingerprint density at radius 2 is 2.00 bits per heavy atom. The summed E-state index contributed by atoms with van der Waals surface area (Å²) in [5.74, 6) is 0.615. The highest BCUT2D eigenvalue weighted by atomic mass is 16.5. The predicted molar refractivity (Wildman–Crippen MR) is 81.8 cm³/mol. The van der Waals surface area contributed by atoms with Gasteiger partial charge in [-0.15, -0.1) is 0 Å². The first-order valence-electron chi connectivity index (χ1n) is 7.28. The van der Waals surface area contributed by atoms with Gasteiger partial charge in [0.2, 0.25) is 0 Å². The Morgan fingerprint density at radius 3 is 2.57 bits per heavy atom. The van der Waals surface area contributed by atoms with Crippen molar-refractivity contribution in [2.45, 2.75) is 51.6 Å². The smallest absolute Gasteiger partial charge is 0.130 e. The molecule has 1 aromatic carbocycles. The van der Waals surface area contributed by atoms with Gasteiger partial charge in [0.05, 0.1) is 37.6 Å². The molecular weight excluding hydrogens is 268 g/mol. The van der Waals surface area contributed by atoms with E-state index >= 15 is 0 Å². The Kier molecular flexibility index (Phi) is 5.20. The number of hydrogen-bond acceptors (Lipinski definition) is 4. The van der Waals surface area contributed by atoms with Crippen LogP contribution < -0.4 is 10.5 Å². The van der Waals surface area contributed by atoms with Crippen LogP contribution >= 0.6 is 0 Å². The molecule has 1 aliphatic rings. The van der Waals surface area contributed by atoms with Gasteiger partial charge in [-0.05, 0) is 44.4 Å². The normalized spacial score (nSPS) is 25.6. The van der Waals surface area contributed by atoms with Crippen LogP contribution in [-0.2, 0) is 16.1 Å². The average molecular weight is 292 g/mol. The lowest BCUT2D eigenvalue weighted by Gasteiger charge is -2.32. The molecule has 0 saturated carbocycles. The molecule has 1 heterocycles. The van der Waals surface area contributed by atoms with E-state index in [1.165, 1.54) is 0 Å². The van der Waals surface area contributed by atoms with E-state index in [1.54, 1.807) is 13.2 Å². The molecule has 0 spiro atoms. The number of ether oxygens (including phenoxy) is 3. The first kappa shape index (κ1) is 15.8. The molecule has 0 aromatic heterocycles. The summed E-state index contributed by atoms with van der Waals surface area (Å²) in [7, 11) is 1.58. The lowest BCUT2D eigenvalue weighted by molar-refractivity contribution is -0.106. The highest BCUT2D eigenvalue weighted by Gasteiger charge is 2.24. The molecule has 1 fully saturated rings. The van der Waals surface area contributed by atoms with Crippen molar-refractivity contribution in [1.82, 2.24) is 0 Å². The zero-order valence-electron chi connectivity index (χ0n) is 12.9. The van der Waals surface area contributed by atoms with E-state index in [0.29, 0.717) is 17.9 Å². The third-order valence-corrected chi connectivity index (χ3v) is 3.70. The van der Waals surface area contributed by atoms with E-state index in [4.69, 9.17) is 25.4 Å². The molecule has 0 amide bonds. The summed E-state index contributed by atoms with van der Waals surface area (Å²) in [6, 6.07) is 5.60. The van der Waals surface area contributed by atoms with Gasteiger partial charge in [-0.2, -0.15) is 0 Å². The van der Waals surface area contributed by atoms with Gasteiger partial charge in [-0.25, -0.2) is 0 Å². The predicted octanol–water partition coefficient (Wildman–Crippen LogP) is 2.45. The molecule has 2 unspecified atom stereocenters. The molecule has 3 N–H and O–H groups in total. The van der Waals surface area contributed by atoms with Crippen molar-refractivity contribution in [3.63, 3.8) is 0 Å². The molecule has 116 valence electrons. The maximum atomic E-state index is 7.51. The van der Waals surface area contributed by atoms with Gasteiger partial charge < -0.3 is 19.9 Å². The molecule has 2 atom stereocenters. The number of nitrogen functional groups attached to an aromatic ring is 1. The van der Waals surface area contributed by atoms with Crippen molar-refractivity contribution in [3.05, 3.63) is 29.3 Å². The van der Waals surface area contributed by atoms with Crippen molar-refractivity contribution in [3.8, 4) is 5.75 Å². The highest BCUT2D eigenvalue weighted by Crippen LogP contribution is 2.24. The fourth-order valence-electron chi connectivity index (χ4n) is 2.74. The van der Waals surface area contributed by atoms with Crippen LogP contribution in [0.15, 0.2) is 18.2 Å². The van der Waals surface area contributed by atoms with Gasteiger partial charge in [0.1, 0.15) is 11.6 Å². The summed E-state index contributed by atoms with van der Waals surface area (Å²) in [4.78, 5) is 0. The van der Waals surface area contributed by atoms with Crippen LogP contribution in [0.3, 0.4) is 0 Å². The van der Waals surface area contributed by atoms with E-state index in [1.807, 2.05) is 12.1 Å². The topological polar surface area (TPSA) is 77.6 Å². The SMILES string of the molecule is COc1cc(COC2CC(C)OC(C)C2)ccc1C(=N)N. The zero-order chi connectivity index (χ0) is 15.4. The Labute approximate surface area is 125 Å². The van der Waals surface area contributed by atoms with Gasteiger partial charge >= 0.3 is 0 Å². The Bertz CT molecular complexity index is 494. The summed E-state index contributed by atoms with van der Waals surface area (Å²) in [5.41, 5.74) is 7.14. The van der Waals surface area contributed by atoms with E-state index in [-0.39, 0.29) is 24.1 Å². The van der Waals surface area contributed by atoms with Crippen LogP contribution in [-0.4, -0.2) is 31.3 Å². The van der Waals surface area contributed by atoms with E-state index in [2.05, 4.69) is 13.8 Å². The van der Waals surface area contributed by atoms with Gasteiger partial charge in [-0.3, -0.25) is 5.41 Å². The van der Waals surface area contributed by atoms with Crippen LogP contribution in [0.4, 0.5) is 0 Å². The van der Waals surface area contributed by atoms with Crippen LogP contribution in [0.5, 0.6) is 5.75 Å². The molecule has 0 radical (unpaired) electrons. The molecule has 5 nitrogen and oxygen atoms in total. The maximum absolute atomic E-state index is 7.51. The minimum atomic E-state index is 0.00592. The number of hydrogen-bond donors (Lipinski definition) is 2. The first-order chi connectivity index (χ1) is 9.99. The summed E-state index contributed by atoms with van der Waals surface area (Å²) in [6.07, 6.45) is 2.56. The minimum absolute atomic E-state index is 0.00592. The molecule has 0 aliphatic carbocycles. The lowest BCUT2D eigenvalue weighted by Crippen LogP contribution is -2.33. The first-order valence-corrected chi connectivity index (χ1v) is 7.28. The summed E-state index contributed by atoms with van der Waals surface area (Å²) < 4.78 is 17.0. The Balaban J connectivity index is 1.98. The number of methoxy groups -OCH3 is 1. The lowest BCUT2D eigenvalue weighted by atomic mass is 10.0. The van der Waals surface area contributed by atoms with Gasteiger partial charge in [0, 0.05) is 0 Å². The second-order valence-electron chi connectivity index (χ2n) is 5.61. The number of rotatable bonds is 5. The van der Waals surface area contributed by atoms with Crippen molar-refractivity contribution in [1.29, 1.82) is 5.41 Å². The van der Waals surface area contributed by atoms with E-state index in [0.717, 1.165) is 18.4 Å². The van der Waals surface area contributed by atoms with Crippen LogP contribution in [0.2, 0.25) is 0 Å². The second kappa shape index (κ2) is 6.91. The fraction of sp³-hybridized carbons (Fsp3) is 0.562. The number of benzene rings is 1. The number of amidine groups is 1. The molecule has 1 saturated heterocycles. The molecular formula is C16H24N2O3. The van der Waals surface area contributed by atoms with Crippen molar-refractivity contribution in [2.24, 2.45) is 5.73 Å². The molecule has 2 rings (SSSR count). The largest absolute Gasteiger partial charge is 0.496 e. The van der Waals surface area contributed by atoms with Crippen molar-refractivity contribution < 1.29 is 14.2 Å². The molecule has 21 heavy (non-hydrogen) atoms. The van der Waals surface area contributed by atoms with Crippen LogP contribution in [0.25, 0.3) is 0 Å². The fourth-order valence-corrected chi connectivity index (χ4v) is 2.74. The second-order valence-corrected chi connectivity index (χ2v) is 5.61. The summed E-state index contributed by atoms with van der Waals surface area (Å²) >= 11 is 0. The Hall–Kier alpha value is -1.59. The van der Waals surface area contributed by atoms with E-state index < -0.39 is 0 Å². The van der Waals surface area contributed by atoms with Crippen LogP contribution in [0, 0.1) is 5.41 Å². The third-order valence-electron chi connectivity index (χ3n) is 3.70. The van der Waals surface area contributed by atoms with Crippen molar-refractivity contribution >= 4 is 5.84 Å². The highest BCUT2D eigenvalue weighted by molar-refractivity contribution is 5.97.